The third-order valence-electron chi connectivity index (χ3n) is 5.78. The van der Waals surface area contributed by atoms with Crippen molar-refractivity contribution in [2.45, 2.75) is 19.4 Å². The number of fused-ring (bicyclic) bond motifs is 1. The maximum absolute atomic E-state index is 12.9. The Balaban J connectivity index is 1.50. The topological polar surface area (TPSA) is 83.3 Å². The minimum atomic E-state index is -0.148. The Bertz CT molecular complexity index is 1130. The molecule has 2 aliphatic heterocycles. The fourth-order valence-electron chi connectivity index (χ4n) is 4.23. The van der Waals surface area contributed by atoms with Gasteiger partial charge < -0.3 is 16.4 Å². The largest absolute Gasteiger partial charge is 0.399 e. The number of nitrogens with zero attached hydrogens (tertiary/aromatic N) is 2. The van der Waals surface area contributed by atoms with E-state index in [0.29, 0.717) is 11.3 Å². The Hall–Kier alpha value is -3.64. The molecule has 6 heteroatoms. The number of hydrogen-bond donors (Lipinski definition) is 3. The highest BCUT2D eigenvalue weighted by Gasteiger charge is 2.28. The summed E-state index contributed by atoms with van der Waals surface area (Å²) >= 11 is 0. The molecule has 1 saturated heterocycles. The molecule has 0 unspecified atom stereocenters. The number of nitrogens with one attached hydrogen (secondary N) is 2. The molecular formula is C25H25N5O. The minimum Gasteiger partial charge on any atom is -0.399 e. The third-order valence-corrected chi connectivity index (χ3v) is 5.78. The lowest BCUT2D eigenvalue weighted by Crippen LogP contribution is -2.19. The number of carbonyl (C=O) groups is 1. The van der Waals surface area contributed by atoms with Crippen LogP contribution in [0.3, 0.4) is 0 Å². The van der Waals surface area contributed by atoms with Crippen LogP contribution in [-0.4, -0.2) is 28.9 Å². The Kier molecular flexibility index (Phi) is 5.14. The minimum absolute atomic E-state index is 0.148. The molecule has 0 spiro atoms. The SMILES string of the molecule is Nc1ccc2c(c1)NC(=O)/C2=C(\Nc1ccc(CN2CCCC2)nc1)c1ccccc1. The number of nitrogens with two attached hydrogens (primary N) is 1. The first kappa shape index (κ1) is 19.3. The monoisotopic (exact) mass is 411 g/mol. The van der Waals surface area contributed by atoms with Gasteiger partial charge in [-0.25, -0.2) is 0 Å². The number of amides is 1. The molecule has 0 atom stereocenters. The highest BCUT2D eigenvalue weighted by molar-refractivity contribution is 6.37. The van der Waals surface area contributed by atoms with Crippen molar-refractivity contribution in [2.75, 3.05) is 29.5 Å². The third kappa shape index (κ3) is 4.02. The molecule has 31 heavy (non-hydrogen) atoms. The molecule has 6 nitrogen and oxygen atoms in total. The first-order valence-corrected chi connectivity index (χ1v) is 10.6. The standard InChI is InChI=1S/C25H25N5O/c26-18-8-11-21-22(14-18)29-25(31)23(21)24(17-6-2-1-3-7-17)28-19-9-10-20(27-15-19)16-30-12-4-5-13-30/h1-3,6-11,14-15,28H,4-5,12-13,16,26H2,(H,29,31)/b24-23-. The van der Waals surface area contributed by atoms with Gasteiger partial charge in [-0.3, -0.25) is 14.7 Å². The summed E-state index contributed by atoms with van der Waals surface area (Å²) in [5.74, 6) is -0.148. The molecule has 0 bridgehead atoms. The second-order valence-electron chi connectivity index (χ2n) is 8.02. The number of anilines is 3. The van der Waals surface area contributed by atoms with Crippen LogP contribution in [0.15, 0.2) is 66.9 Å². The van der Waals surface area contributed by atoms with Gasteiger partial charge in [-0.05, 0) is 61.8 Å². The maximum Gasteiger partial charge on any atom is 0.258 e. The zero-order valence-electron chi connectivity index (χ0n) is 17.3. The number of aromatic nitrogens is 1. The smallest absolute Gasteiger partial charge is 0.258 e. The highest BCUT2D eigenvalue weighted by Crippen LogP contribution is 2.38. The number of rotatable bonds is 5. The Morgan fingerprint density at radius 2 is 1.87 bits per heavy atom. The summed E-state index contributed by atoms with van der Waals surface area (Å²) in [6, 6.07) is 19.4. The van der Waals surface area contributed by atoms with Crippen molar-refractivity contribution in [3.8, 4) is 0 Å². The summed E-state index contributed by atoms with van der Waals surface area (Å²) in [7, 11) is 0. The molecule has 2 aromatic carbocycles. The van der Waals surface area contributed by atoms with Gasteiger partial charge in [0, 0.05) is 17.8 Å². The maximum atomic E-state index is 12.9. The van der Waals surface area contributed by atoms with E-state index in [4.69, 9.17) is 5.73 Å². The van der Waals surface area contributed by atoms with E-state index in [9.17, 15) is 4.79 Å². The molecule has 5 rings (SSSR count). The van der Waals surface area contributed by atoms with Crippen LogP contribution in [0.25, 0.3) is 11.3 Å². The molecular weight excluding hydrogens is 386 g/mol. The molecule has 2 aliphatic rings. The van der Waals surface area contributed by atoms with Gasteiger partial charge in [-0.2, -0.15) is 0 Å². The van der Waals surface area contributed by atoms with Gasteiger partial charge in [0.1, 0.15) is 0 Å². The van der Waals surface area contributed by atoms with Crippen LogP contribution in [0.5, 0.6) is 0 Å². The Morgan fingerprint density at radius 1 is 1.06 bits per heavy atom. The first-order chi connectivity index (χ1) is 15.2. The lowest BCUT2D eigenvalue weighted by molar-refractivity contribution is -0.110. The van der Waals surface area contributed by atoms with Gasteiger partial charge in [0.15, 0.2) is 0 Å². The predicted molar refractivity (Wildman–Crippen MR) is 125 cm³/mol. The van der Waals surface area contributed by atoms with Crippen molar-refractivity contribution in [2.24, 2.45) is 0 Å². The van der Waals surface area contributed by atoms with Gasteiger partial charge in [0.2, 0.25) is 0 Å². The summed E-state index contributed by atoms with van der Waals surface area (Å²) in [6.07, 6.45) is 4.37. The molecule has 4 N–H and O–H groups in total. The molecule has 1 fully saturated rings. The van der Waals surface area contributed by atoms with Crippen molar-refractivity contribution in [3.63, 3.8) is 0 Å². The van der Waals surface area contributed by atoms with Crippen LogP contribution in [-0.2, 0) is 11.3 Å². The van der Waals surface area contributed by atoms with E-state index in [2.05, 4.69) is 26.6 Å². The van der Waals surface area contributed by atoms with Gasteiger partial charge in [0.25, 0.3) is 5.91 Å². The van der Waals surface area contributed by atoms with Crippen molar-refractivity contribution < 1.29 is 4.79 Å². The van der Waals surface area contributed by atoms with E-state index in [1.165, 1.54) is 12.8 Å². The van der Waals surface area contributed by atoms with Gasteiger partial charge in [0.05, 0.1) is 34.5 Å². The van der Waals surface area contributed by atoms with Crippen LogP contribution in [0.4, 0.5) is 17.1 Å². The molecule has 0 aliphatic carbocycles. The van der Waals surface area contributed by atoms with E-state index in [1.54, 1.807) is 6.07 Å². The van der Waals surface area contributed by atoms with Crippen LogP contribution in [0, 0.1) is 0 Å². The van der Waals surface area contributed by atoms with E-state index < -0.39 is 0 Å². The number of benzene rings is 2. The van der Waals surface area contributed by atoms with Crippen LogP contribution in [0.1, 0.15) is 29.7 Å². The Labute approximate surface area is 181 Å². The van der Waals surface area contributed by atoms with E-state index in [1.807, 2.05) is 54.7 Å². The van der Waals surface area contributed by atoms with Crippen molar-refractivity contribution in [3.05, 3.63) is 83.7 Å². The molecule has 0 saturated carbocycles. The summed E-state index contributed by atoms with van der Waals surface area (Å²) in [5, 5.41) is 6.39. The van der Waals surface area contributed by atoms with Crippen molar-refractivity contribution in [1.82, 2.24) is 9.88 Å². The quantitative estimate of drug-likeness (QED) is 0.433. The van der Waals surface area contributed by atoms with E-state index in [0.717, 1.165) is 53.5 Å². The summed E-state index contributed by atoms with van der Waals surface area (Å²) in [5.41, 5.74) is 12.3. The first-order valence-electron chi connectivity index (χ1n) is 10.6. The molecule has 3 aromatic rings. The summed E-state index contributed by atoms with van der Waals surface area (Å²) < 4.78 is 0. The van der Waals surface area contributed by atoms with Crippen molar-refractivity contribution >= 4 is 34.2 Å². The number of hydrogen-bond acceptors (Lipinski definition) is 5. The molecule has 1 aromatic heterocycles. The number of carbonyl (C=O) groups excluding carboxylic acids is 1. The molecule has 3 heterocycles. The zero-order valence-corrected chi connectivity index (χ0v) is 17.3. The highest BCUT2D eigenvalue weighted by atomic mass is 16.2. The number of pyridine rings is 1. The van der Waals surface area contributed by atoms with E-state index >= 15 is 0 Å². The van der Waals surface area contributed by atoms with Crippen LogP contribution in [0.2, 0.25) is 0 Å². The van der Waals surface area contributed by atoms with Gasteiger partial charge in [-0.15, -0.1) is 0 Å². The van der Waals surface area contributed by atoms with Crippen molar-refractivity contribution in [1.29, 1.82) is 0 Å². The number of nitrogen functional groups attached to an aromatic ring is 1. The van der Waals surface area contributed by atoms with Crippen LogP contribution < -0.4 is 16.4 Å². The molecule has 0 radical (unpaired) electrons. The van der Waals surface area contributed by atoms with Gasteiger partial charge in [-0.1, -0.05) is 30.3 Å². The fourth-order valence-corrected chi connectivity index (χ4v) is 4.23. The predicted octanol–water partition coefficient (Wildman–Crippen LogP) is 4.19. The average Bonchev–Trinajstić information content (AvgIpc) is 3.40. The van der Waals surface area contributed by atoms with Crippen LogP contribution >= 0.6 is 0 Å². The lowest BCUT2D eigenvalue weighted by Gasteiger charge is -2.16. The fraction of sp³-hybridized carbons (Fsp3) is 0.200. The molecule has 1 amide bonds. The molecule has 156 valence electrons. The number of likely N-dealkylation sites (tertiary alicyclic amines) is 1. The van der Waals surface area contributed by atoms with E-state index in [-0.39, 0.29) is 5.91 Å². The normalized spacial score (nSPS) is 17.4. The van der Waals surface area contributed by atoms with Gasteiger partial charge >= 0.3 is 0 Å². The zero-order chi connectivity index (χ0) is 21.2. The second kappa shape index (κ2) is 8.24. The lowest BCUT2D eigenvalue weighted by atomic mass is 10.00. The summed E-state index contributed by atoms with van der Waals surface area (Å²) in [6.45, 7) is 3.17. The average molecular weight is 412 g/mol. The summed E-state index contributed by atoms with van der Waals surface area (Å²) in [4.78, 5) is 20.0. The second-order valence-corrected chi connectivity index (χ2v) is 8.02. The Morgan fingerprint density at radius 3 is 2.61 bits per heavy atom.